The van der Waals surface area contributed by atoms with E-state index < -0.39 is 0 Å². The first-order chi connectivity index (χ1) is 13.7. The molecule has 0 atom stereocenters. The highest BCUT2D eigenvalue weighted by Crippen LogP contribution is 2.32. The van der Waals surface area contributed by atoms with E-state index in [9.17, 15) is 9.59 Å². The summed E-state index contributed by atoms with van der Waals surface area (Å²) in [5.74, 6) is 0.501. The van der Waals surface area contributed by atoms with E-state index >= 15 is 0 Å². The van der Waals surface area contributed by atoms with Crippen molar-refractivity contribution in [2.45, 2.75) is 66.0 Å². The molecule has 0 aliphatic carbocycles. The minimum absolute atomic E-state index is 0.0884. The van der Waals surface area contributed by atoms with Gasteiger partial charge in [-0.3, -0.25) is 4.79 Å². The second-order valence-electron chi connectivity index (χ2n) is 8.25. The predicted molar refractivity (Wildman–Crippen MR) is 120 cm³/mol. The van der Waals surface area contributed by atoms with Gasteiger partial charge >= 0.3 is 6.03 Å². The summed E-state index contributed by atoms with van der Waals surface area (Å²) in [6.07, 6.45) is 0. The monoisotopic (exact) mass is 395 g/mol. The second kappa shape index (κ2) is 10.1. The van der Waals surface area contributed by atoms with Gasteiger partial charge in [-0.15, -0.1) is 0 Å². The smallest absolute Gasteiger partial charge is 0.315 e. The SMILES string of the molecule is CC(C)NC(=O)NCc1ccc(C(=O)Nc2c(C(C)C)cccc2C(C)C)cc1. The fraction of sp³-hybridized carbons (Fsp3) is 0.417. The minimum atomic E-state index is -0.201. The molecule has 29 heavy (non-hydrogen) atoms. The normalized spacial score (nSPS) is 11.1. The lowest BCUT2D eigenvalue weighted by molar-refractivity contribution is 0.102. The van der Waals surface area contributed by atoms with Crippen molar-refractivity contribution in [3.63, 3.8) is 0 Å². The van der Waals surface area contributed by atoms with Crippen molar-refractivity contribution in [1.29, 1.82) is 0 Å². The third-order valence-electron chi connectivity index (χ3n) is 4.70. The zero-order valence-corrected chi connectivity index (χ0v) is 18.3. The van der Waals surface area contributed by atoms with Crippen LogP contribution in [0.1, 0.15) is 80.4 Å². The van der Waals surface area contributed by atoms with E-state index in [1.807, 2.05) is 26.0 Å². The first-order valence-corrected chi connectivity index (χ1v) is 10.3. The molecule has 2 aromatic carbocycles. The molecule has 0 aliphatic heterocycles. The van der Waals surface area contributed by atoms with Crippen LogP contribution in [0.15, 0.2) is 42.5 Å². The molecular formula is C24H33N3O2. The van der Waals surface area contributed by atoms with E-state index in [-0.39, 0.29) is 18.0 Å². The third-order valence-corrected chi connectivity index (χ3v) is 4.70. The summed E-state index contributed by atoms with van der Waals surface area (Å²) in [6, 6.07) is 13.4. The molecule has 156 valence electrons. The molecule has 2 rings (SSSR count). The minimum Gasteiger partial charge on any atom is -0.336 e. The third kappa shape index (κ3) is 6.34. The van der Waals surface area contributed by atoms with Crippen LogP contribution in [0.4, 0.5) is 10.5 Å². The summed E-state index contributed by atoms with van der Waals surface area (Å²) >= 11 is 0. The van der Waals surface area contributed by atoms with Crippen LogP contribution in [0, 0.1) is 0 Å². The van der Waals surface area contributed by atoms with Gasteiger partial charge in [0.25, 0.3) is 5.91 Å². The number of carbonyl (C=O) groups excluding carboxylic acids is 2. The molecule has 0 fully saturated rings. The van der Waals surface area contributed by atoms with Gasteiger partial charge < -0.3 is 16.0 Å². The van der Waals surface area contributed by atoms with Crippen LogP contribution in [0.3, 0.4) is 0 Å². The van der Waals surface area contributed by atoms with Crippen LogP contribution in [-0.2, 0) is 6.54 Å². The maximum atomic E-state index is 12.9. The van der Waals surface area contributed by atoms with E-state index in [2.05, 4.69) is 61.8 Å². The molecule has 0 radical (unpaired) electrons. The van der Waals surface area contributed by atoms with E-state index in [0.29, 0.717) is 23.9 Å². The van der Waals surface area contributed by atoms with Crippen LogP contribution in [0.2, 0.25) is 0 Å². The zero-order chi connectivity index (χ0) is 21.6. The van der Waals surface area contributed by atoms with Crippen molar-refractivity contribution >= 4 is 17.6 Å². The fourth-order valence-corrected chi connectivity index (χ4v) is 3.15. The number of urea groups is 1. The van der Waals surface area contributed by atoms with Gasteiger partial charge in [0.05, 0.1) is 0 Å². The number of hydrogen-bond acceptors (Lipinski definition) is 2. The van der Waals surface area contributed by atoms with E-state index in [1.165, 1.54) is 0 Å². The Hall–Kier alpha value is -2.82. The molecule has 0 heterocycles. The van der Waals surface area contributed by atoms with Gasteiger partial charge in [0.2, 0.25) is 0 Å². The predicted octanol–water partition coefficient (Wildman–Crippen LogP) is 5.39. The van der Waals surface area contributed by atoms with E-state index in [4.69, 9.17) is 0 Å². The number of carbonyl (C=O) groups is 2. The van der Waals surface area contributed by atoms with Crippen molar-refractivity contribution in [1.82, 2.24) is 10.6 Å². The molecule has 2 aromatic rings. The number of para-hydroxylation sites is 1. The summed E-state index contributed by atoms with van der Waals surface area (Å²) < 4.78 is 0. The number of rotatable bonds is 7. The molecule has 0 spiro atoms. The van der Waals surface area contributed by atoms with Crippen LogP contribution in [0.25, 0.3) is 0 Å². The lowest BCUT2D eigenvalue weighted by Crippen LogP contribution is -2.39. The van der Waals surface area contributed by atoms with Gasteiger partial charge in [-0.05, 0) is 54.5 Å². The second-order valence-corrected chi connectivity index (χ2v) is 8.25. The Morgan fingerprint density at radius 2 is 1.38 bits per heavy atom. The molecule has 5 nitrogen and oxygen atoms in total. The standard InChI is InChI=1S/C24H33N3O2/c1-15(2)20-8-7-9-21(16(3)4)22(20)27-23(28)19-12-10-18(11-13-19)14-25-24(29)26-17(5)6/h7-13,15-17H,14H2,1-6H3,(H,27,28)(H2,25,26,29). The Kier molecular flexibility index (Phi) is 7.82. The molecule has 0 unspecified atom stereocenters. The molecule has 0 bridgehead atoms. The molecule has 0 saturated heterocycles. The van der Waals surface area contributed by atoms with E-state index in [0.717, 1.165) is 22.4 Å². The first kappa shape index (κ1) is 22.5. The quantitative estimate of drug-likeness (QED) is 0.588. The van der Waals surface area contributed by atoms with Crippen molar-refractivity contribution in [3.05, 3.63) is 64.7 Å². The fourth-order valence-electron chi connectivity index (χ4n) is 3.15. The summed E-state index contributed by atoms with van der Waals surface area (Å²) in [5, 5.41) is 8.72. The van der Waals surface area contributed by atoms with Crippen LogP contribution < -0.4 is 16.0 Å². The molecule has 5 heteroatoms. The van der Waals surface area contributed by atoms with Gasteiger partial charge in [0, 0.05) is 23.8 Å². The molecule has 0 aliphatic rings. The Morgan fingerprint density at radius 3 is 1.86 bits per heavy atom. The Balaban J connectivity index is 2.11. The average Bonchev–Trinajstić information content (AvgIpc) is 2.66. The number of anilines is 1. The Labute approximate surface area is 174 Å². The highest BCUT2D eigenvalue weighted by atomic mass is 16.2. The number of nitrogens with one attached hydrogen (secondary N) is 3. The molecule has 0 aromatic heterocycles. The maximum absolute atomic E-state index is 12.9. The molecule has 3 amide bonds. The van der Waals surface area contributed by atoms with Crippen LogP contribution in [-0.4, -0.2) is 18.0 Å². The summed E-state index contributed by atoms with van der Waals surface area (Å²) in [4.78, 5) is 24.6. The Morgan fingerprint density at radius 1 is 0.828 bits per heavy atom. The van der Waals surface area contributed by atoms with Crippen molar-refractivity contribution in [2.75, 3.05) is 5.32 Å². The molecule has 0 saturated carbocycles. The highest BCUT2D eigenvalue weighted by molar-refractivity contribution is 6.05. The average molecular weight is 396 g/mol. The lowest BCUT2D eigenvalue weighted by atomic mass is 9.92. The largest absolute Gasteiger partial charge is 0.336 e. The maximum Gasteiger partial charge on any atom is 0.315 e. The number of benzene rings is 2. The van der Waals surface area contributed by atoms with Crippen molar-refractivity contribution in [3.8, 4) is 0 Å². The molecule has 3 N–H and O–H groups in total. The van der Waals surface area contributed by atoms with Gasteiger partial charge in [0.15, 0.2) is 0 Å². The van der Waals surface area contributed by atoms with Gasteiger partial charge in [-0.25, -0.2) is 4.79 Å². The highest BCUT2D eigenvalue weighted by Gasteiger charge is 2.16. The summed E-state index contributed by atoms with van der Waals surface area (Å²) in [5.41, 5.74) is 4.72. The van der Waals surface area contributed by atoms with Crippen LogP contribution >= 0.6 is 0 Å². The van der Waals surface area contributed by atoms with Gasteiger partial charge in [0.1, 0.15) is 0 Å². The van der Waals surface area contributed by atoms with Crippen molar-refractivity contribution in [2.24, 2.45) is 0 Å². The topological polar surface area (TPSA) is 70.2 Å². The van der Waals surface area contributed by atoms with Gasteiger partial charge in [-0.1, -0.05) is 58.0 Å². The van der Waals surface area contributed by atoms with Crippen molar-refractivity contribution < 1.29 is 9.59 Å². The zero-order valence-electron chi connectivity index (χ0n) is 18.3. The summed E-state index contributed by atoms with van der Waals surface area (Å²) in [6.45, 7) is 12.8. The molecular weight excluding hydrogens is 362 g/mol. The number of hydrogen-bond donors (Lipinski definition) is 3. The number of amides is 3. The summed E-state index contributed by atoms with van der Waals surface area (Å²) in [7, 11) is 0. The van der Waals surface area contributed by atoms with E-state index in [1.54, 1.807) is 12.1 Å². The first-order valence-electron chi connectivity index (χ1n) is 10.3. The van der Waals surface area contributed by atoms with Gasteiger partial charge in [-0.2, -0.15) is 0 Å². The Bertz CT molecular complexity index is 813. The lowest BCUT2D eigenvalue weighted by Gasteiger charge is -2.20. The van der Waals surface area contributed by atoms with Crippen LogP contribution in [0.5, 0.6) is 0 Å².